The Balaban J connectivity index is 1.88. The second-order valence-electron chi connectivity index (χ2n) is 6.09. The van der Waals surface area contributed by atoms with Gasteiger partial charge in [0.15, 0.2) is 0 Å². The molecule has 1 aromatic rings. The van der Waals surface area contributed by atoms with Crippen molar-refractivity contribution in [3.05, 3.63) is 18.2 Å². The van der Waals surface area contributed by atoms with Gasteiger partial charge in [0.05, 0.1) is 6.04 Å². The van der Waals surface area contributed by atoms with E-state index in [-0.39, 0.29) is 0 Å². The maximum atomic E-state index is 4.40. The summed E-state index contributed by atoms with van der Waals surface area (Å²) in [7, 11) is 0. The lowest BCUT2D eigenvalue weighted by Crippen LogP contribution is -2.45. The zero-order valence-electron chi connectivity index (χ0n) is 13.2. The average molecular weight is 278 g/mol. The molecule has 0 saturated carbocycles. The molecule has 1 aliphatic heterocycles. The quantitative estimate of drug-likeness (QED) is 0.806. The van der Waals surface area contributed by atoms with Crippen LogP contribution in [-0.4, -0.2) is 40.5 Å². The fourth-order valence-electron chi connectivity index (χ4n) is 3.33. The average Bonchev–Trinajstić information content (AvgIpc) is 2.99. The largest absolute Gasteiger partial charge is 0.347 e. The van der Waals surface area contributed by atoms with Crippen molar-refractivity contribution < 1.29 is 0 Å². The first-order chi connectivity index (χ1) is 9.74. The highest BCUT2D eigenvalue weighted by molar-refractivity contribution is 4.96. The molecule has 2 heterocycles. The number of likely N-dealkylation sites (tertiary alicyclic amines) is 1. The first-order valence-electron chi connectivity index (χ1n) is 8.22. The van der Waals surface area contributed by atoms with Crippen molar-refractivity contribution in [3.8, 4) is 0 Å². The Kier molecular flexibility index (Phi) is 6.05. The van der Waals surface area contributed by atoms with E-state index in [0.717, 1.165) is 18.2 Å². The highest BCUT2D eigenvalue weighted by Gasteiger charge is 2.26. The van der Waals surface area contributed by atoms with Gasteiger partial charge in [0, 0.05) is 25.0 Å². The summed E-state index contributed by atoms with van der Waals surface area (Å²) in [6.07, 6.45) is 8.78. The van der Waals surface area contributed by atoms with Gasteiger partial charge in [-0.2, -0.15) is 0 Å². The van der Waals surface area contributed by atoms with Crippen molar-refractivity contribution in [2.45, 2.75) is 58.5 Å². The second kappa shape index (κ2) is 7.79. The summed E-state index contributed by atoms with van der Waals surface area (Å²) in [5, 5.41) is 3.78. The highest BCUT2D eigenvalue weighted by Crippen LogP contribution is 2.22. The zero-order chi connectivity index (χ0) is 14.4. The molecule has 4 nitrogen and oxygen atoms in total. The van der Waals surface area contributed by atoms with E-state index in [2.05, 4.69) is 41.0 Å². The van der Waals surface area contributed by atoms with Crippen molar-refractivity contribution in [2.75, 3.05) is 19.6 Å². The third-order valence-corrected chi connectivity index (χ3v) is 4.51. The molecule has 20 heavy (non-hydrogen) atoms. The highest BCUT2D eigenvalue weighted by atomic mass is 15.1. The number of rotatable bonds is 7. The first kappa shape index (κ1) is 15.5. The van der Waals surface area contributed by atoms with Crippen LogP contribution in [0.1, 0.15) is 58.3 Å². The molecule has 2 rings (SSSR count). The molecule has 2 N–H and O–H groups in total. The van der Waals surface area contributed by atoms with Crippen LogP contribution < -0.4 is 5.32 Å². The molecule has 3 unspecified atom stereocenters. The van der Waals surface area contributed by atoms with Crippen LogP contribution in [0.15, 0.2) is 12.4 Å². The van der Waals surface area contributed by atoms with Crippen molar-refractivity contribution in [1.82, 2.24) is 20.2 Å². The van der Waals surface area contributed by atoms with Crippen LogP contribution in [-0.2, 0) is 0 Å². The van der Waals surface area contributed by atoms with Gasteiger partial charge < -0.3 is 15.2 Å². The summed E-state index contributed by atoms with van der Waals surface area (Å²) in [6, 6.07) is 0.895. The Labute approximate surface area is 123 Å². The summed E-state index contributed by atoms with van der Waals surface area (Å²) in [4.78, 5) is 10.3. The fraction of sp³-hybridized carbons (Fsp3) is 0.812. The molecule has 1 saturated heterocycles. The van der Waals surface area contributed by atoms with Crippen LogP contribution in [0.3, 0.4) is 0 Å². The van der Waals surface area contributed by atoms with Gasteiger partial charge in [-0.3, -0.25) is 0 Å². The van der Waals surface area contributed by atoms with E-state index in [1.54, 1.807) is 0 Å². The summed E-state index contributed by atoms with van der Waals surface area (Å²) in [5.41, 5.74) is 0. The Morgan fingerprint density at radius 2 is 2.35 bits per heavy atom. The van der Waals surface area contributed by atoms with Crippen LogP contribution in [0.2, 0.25) is 0 Å². The van der Waals surface area contributed by atoms with Gasteiger partial charge >= 0.3 is 0 Å². The van der Waals surface area contributed by atoms with E-state index in [1.807, 2.05) is 12.4 Å². The zero-order valence-corrected chi connectivity index (χ0v) is 13.2. The number of aromatic amines is 1. The van der Waals surface area contributed by atoms with Gasteiger partial charge in [-0.25, -0.2) is 4.98 Å². The van der Waals surface area contributed by atoms with E-state index in [9.17, 15) is 0 Å². The fourth-order valence-corrected chi connectivity index (χ4v) is 3.33. The minimum Gasteiger partial charge on any atom is -0.347 e. The molecule has 4 heteroatoms. The molecule has 0 bridgehead atoms. The summed E-state index contributed by atoms with van der Waals surface area (Å²) in [5.74, 6) is 1.83. The third-order valence-electron chi connectivity index (χ3n) is 4.51. The van der Waals surface area contributed by atoms with Gasteiger partial charge in [0.2, 0.25) is 0 Å². The van der Waals surface area contributed by atoms with Crippen LogP contribution in [0.25, 0.3) is 0 Å². The number of H-pyrrole nitrogens is 1. The molecule has 3 atom stereocenters. The molecule has 1 aromatic heterocycles. The maximum absolute atomic E-state index is 4.40. The summed E-state index contributed by atoms with van der Waals surface area (Å²) in [6.45, 7) is 10.6. The number of hydrogen-bond donors (Lipinski definition) is 2. The van der Waals surface area contributed by atoms with E-state index < -0.39 is 0 Å². The molecule has 0 spiro atoms. The van der Waals surface area contributed by atoms with Gasteiger partial charge in [-0.05, 0) is 51.6 Å². The van der Waals surface area contributed by atoms with E-state index >= 15 is 0 Å². The van der Waals surface area contributed by atoms with Gasteiger partial charge in [-0.1, -0.05) is 13.8 Å². The van der Waals surface area contributed by atoms with Crippen molar-refractivity contribution >= 4 is 0 Å². The number of hydrogen-bond acceptors (Lipinski definition) is 3. The minimum atomic E-state index is 0.349. The maximum Gasteiger partial charge on any atom is 0.123 e. The van der Waals surface area contributed by atoms with Crippen LogP contribution in [0.4, 0.5) is 0 Å². The topological polar surface area (TPSA) is 44.0 Å². The number of nitrogens with zero attached hydrogens (tertiary/aromatic N) is 2. The van der Waals surface area contributed by atoms with Crippen molar-refractivity contribution in [1.29, 1.82) is 0 Å². The molecular formula is C16H30N4. The molecule has 1 fully saturated rings. The van der Waals surface area contributed by atoms with E-state index in [0.29, 0.717) is 12.1 Å². The van der Waals surface area contributed by atoms with Gasteiger partial charge in [0.1, 0.15) is 5.82 Å². The lowest BCUT2D eigenvalue weighted by atomic mass is 9.91. The second-order valence-corrected chi connectivity index (χ2v) is 6.09. The predicted octanol–water partition coefficient (Wildman–Crippen LogP) is 2.96. The summed E-state index contributed by atoms with van der Waals surface area (Å²) >= 11 is 0. The van der Waals surface area contributed by atoms with Gasteiger partial charge in [-0.15, -0.1) is 0 Å². The lowest BCUT2D eigenvalue weighted by Gasteiger charge is -2.37. The standard InChI is InChI=1S/C16H30N4/c1-4-10-20-11-6-7-14(12-20)13(3)19-15(5-2)16-17-8-9-18-16/h8-9,13-15,19H,4-7,10-12H2,1-3H3,(H,17,18). The van der Waals surface area contributed by atoms with Crippen molar-refractivity contribution in [2.24, 2.45) is 5.92 Å². The Morgan fingerprint density at radius 3 is 3.00 bits per heavy atom. The van der Waals surface area contributed by atoms with Crippen LogP contribution in [0.5, 0.6) is 0 Å². The Hall–Kier alpha value is -0.870. The third kappa shape index (κ3) is 4.06. The number of nitrogens with one attached hydrogen (secondary N) is 2. The van der Waals surface area contributed by atoms with E-state index in [1.165, 1.54) is 38.9 Å². The summed E-state index contributed by atoms with van der Waals surface area (Å²) < 4.78 is 0. The molecule has 0 aromatic carbocycles. The number of aromatic nitrogens is 2. The smallest absolute Gasteiger partial charge is 0.123 e. The number of imidazole rings is 1. The number of piperidine rings is 1. The lowest BCUT2D eigenvalue weighted by molar-refractivity contribution is 0.146. The SMILES string of the molecule is CCCN1CCCC(C(C)NC(CC)c2ncc[nH]2)C1. The van der Waals surface area contributed by atoms with E-state index in [4.69, 9.17) is 0 Å². The Morgan fingerprint density at radius 1 is 1.50 bits per heavy atom. The molecule has 0 radical (unpaired) electrons. The molecule has 114 valence electrons. The van der Waals surface area contributed by atoms with Gasteiger partial charge in [0.25, 0.3) is 0 Å². The molecular weight excluding hydrogens is 248 g/mol. The molecule has 0 amide bonds. The molecule has 1 aliphatic rings. The minimum absolute atomic E-state index is 0.349. The monoisotopic (exact) mass is 278 g/mol. The predicted molar refractivity (Wildman–Crippen MR) is 83.7 cm³/mol. The normalized spacial score (nSPS) is 23.6. The van der Waals surface area contributed by atoms with Crippen LogP contribution in [0, 0.1) is 5.92 Å². The first-order valence-corrected chi connectivity index (χ1v) is 8.22. The Bertz CT molecular complexity index is 361. The molecule has 0 aliphatic carbocycles. The van der Waals surface area contributed by atoms with Crippen molar-refractivity contribution in [3.63, 3.8) is 0 Å². The van der Waals surface area contributed by atoms with Crippen LogP contribution >= 0.6 is 0 Å².